The molecule has 1 N–H and O–H groups in total. The Bertz CT molecular complexity index is 1160. The van der Waals surface area contributed by atoms with Gasteiger partial charge in [-0.1, -0.05) is 11.6 Å². The minimum absolute atomic E-state index is 0.0682. The zero-order valence-electron chi connectivity index (χ0n) is 15.1. The van der Waals surface area contributed by atoms with Gasteiger partial charge in [-0.2, -0.15) is 0 Å². The van der Waals surface area contributed by atoms with Gasteiger partial charge in [-0.25, -0.2) is 13.4 Å². The van der Waals surface area contributed by atoms with Gasteiger partial charge in [0.1, 0.15) is 11.4 Å². The van der Waals surface area contributed by atoms with Gasteiger partial charge in [-0.05, 0) is 49.4 Å². The summed E-state index contributed by atoms with van der Waals surface area (Å²) in [4.78, 5) is 7.76. The molecule has 12 heteroatoms. The molecule has 0 amide bonds. The topological polar surface area (TPSA) is 90.4 Å². The molecule has 7 nitrogen and oxygen atoms in total. The second kappa shape index (κ2) is 8.36. The Labute approximate surface area is 174 Å². The number of pyridine rings is 2. The first-order valence-electron chi connectivity index (χ1n) is 8.17. The Morgan fingerprint density at radius 2 is 1.80 bits per heavy atom. The van der Waals surface area contributed by atoms with Gasteiger partial charge in [0, 0.05) is 12.4 Å². The maximum atomic E-state index is 12.7. The number of aryl methyl sites for hydroxylation is 1. The summed E-state index contributed by atoms with van der Waals surface area (Å²) >= 11 is 5.92. The van der Waals surface area contributed by atoms with Crippen LogP contribution in [0.1, 0.15) is 5.69 Å². The Morgan fingerprint density at radius 3 is 2.43 bits per heavy atom. The number of nitrogens with one attached hydrogen (secondary N) is 1. The minimum Gasteiger partial charge on any atom is -0.435 e. The number of aromatic nitrogens is 2. The third kappa shape index (κ3) is 5.51. The molecular formula is C18H13ClF3N3O4S. The van der Waals surface area contributed by atoms with Crippen molar-refractivity contribution in [3.8, 4) is 17.4 Å². The number of halogens is 4. The number of nitrogens with zero attached hydrogens (tertiary/aromatic N) is 2. The second-order valence-electron chi connectivity index (χ2n) is 5.82. The molecule has 3 rings (SSSR count). The van der Waals surface area contributed by atoms with Crippen molar-refractivity contribution in [3.05, 3.63) is 65.6 Å². The first-order chi connectivity index (χ1) is 14.0. The summed E-state index contributed by atoms with van der Waals surface area (Å²) in [7, 11) is -4.20. The van der Waals surface area contributed by atoms with E-state index in [1.807, 2.05) is 0 Å². The Morgan fingerprint density at radius 1 is 1.10 bits per heavy atom. The molecule has 0 atom stereocenters. The van der Waals surface area contributed by atoms with E-state index in [-0.39, 0.29) is 21.5 Å². The molecule has 0 spiro atoms. The van der Waals surface area contributed by atoms with E-state index in [0.717, 1.165) is 24.3 Å². The zero-order chi connectivity index (χ0) is 21.9. The SMILES string of the molecule is Cc1ncccc1Oc1ncc(Cl)cc1NS(=O)(=O)c1ccc(OC(F)(F)F)cc1. The van der Waals surface area contributed by atoms with Crippen LogP contribution in [0, 0.1) is 6.92 Å². The highest BCUT2D eigenvalue weighted by Gasteiger charge is 2.31. The van der Waals surface area contributed by atoms with Gasteiger partial charge in [-0.15, -0.1) is 13.2 Å². The van der Waals surface area contributed by atoms with E-state index in [1.165, 1.54) is 12.3 Å². The Kier molecular flexibility index (Phi) is 6.04. The van der Waals surface area contributed by atoms with E-state index >= 15 is 0 Å². The molecule has 3 aromatic rings. The highest BCUT2D eigenvalue weighted by molar-refractivity contribution is 7.92. The van der Waals surface area contributed by atoms with Crippen molar-refractivity contribution in [1.29, 1.82) is 0 Å². The van der Waals surface area contributed by atoms with Crippen LogP contribution in [0.2, 0.25) is 5.02 Å². The van der Waals surface area contributed by atoms with E-state index in [9.17, 15) is 21.6 Å². The normalized spacial score (nSPS) is 11.8. The van der Waals surface area contributed by atoms with Crippen LogP contribution >= 0.6 is 11.6 Å². The highest BCUT2D eigenvalue weighted by atomic mass is 35.5. The average Bonchev–Trinajstić information content (AvgIpc) is 2.64. The summed E-state index contributed by atoms with van der Waals surface area (Å²) in [6.07, 6.45) is -2.06. The van der Waals surface area contributed by atoms with Crippen molar-refractivity contribution in [2.24, 2.45) is 0 Å². The Balaban J connectivity index is 1.87. The lowest BCUT2D eigenvalue weighted by atomic mass is 10.3. The van der Waals surface area contributed by atoms with Crippen LogP contribution in [-0.2, 0) is 10.0 Å². The van der Waals surface area contributed by atoms with Crippen LogP contribution in [0.3, 0.4) is 0 Å². The molecule has 0 aliphatic rings. The molecule has 0 aliphatic carbocycles. The van der Waals surface area contributed by atoms with Gasteiger partial charge in [0.05, 0.1) is 15.6 Å². The monoisotopic (exact) mass is 459 g/mol. The summed E-state index contributed by atoms with van der Waals surface area (Å²) in [5.74, 6) is -0.292. The second-order valence-corrected chi connectivity index (χ2v) is 7.94. The van der Waals surface area contributed by atoms with Crippen LogP contribution in [0.5, 0.6) is 17.4 Å². The van der Waals surface area contributed by atoms with E-state index in [1.54, 1.807) is 25.3 Å². The molecule has 0 fully saturated rings. The number of alkyl halides is 3. The fourth-order valence-electron chi connectivity index (χ4n) is 2.29. The third-order valence-electron chi connectivity index (χ3n) is 3.59. The number of hydrogen-bond donors (Lipinski definition) is 1. The smallest absolute Gasteiger partial charge is 0.435 e. The van der Waals surface area contributed by atoms with Gasteiger partial charge >= 0.3 is 6.36 Å². The van der Waals surface area contributed by atoms with Gasteiger partial charge in [0.15, 0.2) is 5.75 Å². The van der Waals surface area contributed by atoms with Crippen LogP contribution in [0.15, 0.2) is 59.8 Å². The first kappa shape index (κ1) is 21.7. The molecule has 0 bridgehead atoms. The lowest BCUT2D eigenvalue weighted by Gasteiger charge is -2.14. The molecule has 2 aromatic heterocycles. The number of rotatable bonds is 6. The van der Waals surface area contributed by atoms with E-state index < -0.39 is 22.1 Å². The number of ether oxygens (including phenoxy) is 2. The van der Waals surface area contributed by atoms with Crippen molar-refractivity contribution < 1.29 is 31.1 Å². The molecule has 158 valence electrons. The van der Waals surface area contributed by atoms with E-state index in [0.29, 0.717) is 11.4 Å². The van der Waals surface area contributed by atoms with Gasteiger partial charge in [0.2, 0.25) is 5.88 Å². The molecule has 1 aromatic carbocycles. The van der Waals surface area contributed by atoms with Crippen LogP contribution < -0.4 is 14.2 Å². The van der Waals surface area contributed by atoms with Crippen molar-refractivity contribution in [2.45, 2.75) is 18.2 Å². The molecule has 0 saturated carbocycles. The lowest BCUT2D eigenvalue weighted by molar-refractivity contribution is -0.274. The molecule has 0 saturated heterocycles. The predicted octanol–water partition coefficient (Wildman–Crippen LogP) is 4.93. The van der Waals surface area contributed by atoms with Crippen molar-refractivity contribution in [2.75, 3.05) is 4.72 Å². The zero-order valence-corrected chi connectivity index (χ0v) is 16.7. The maximum absolute atomic E-state index is 12.7. The van der Waals surface area contributed by atoms with Crippen LogP contribution in [-0.4, -0.2) is 24.7 Å². The van der Waals surface area contributed by atoms with E-state index in [2.05, 4.69) is 19.4 Å². The Hall–Kier alpha value is -3.05. The van der Waals surface area contributed by atoms with Gasteiger partial charge < -0.3 is 9.47 Å². The van der Waals surface area contributed by atoms with Crippen molar-refractivity contribution in [3.63, 3.8) is 0 Å². The maximum Gasteiger partial charge on any atom is 0.573 e. The lowest BCUT2D eigenvalue weighted by Crippen LogP contribution is -2.17. The first-order valence-corrected chi connectivity index (χ1v) is 10.0. The molecule has 0 aliphatic heterocycles. The van der Waals surface area contributed by atoms with E-state index in [4.69, 9.17) is 16.3 Å². The minimum atomic E-state index is -4.89. The van der Waals surface area contributed by atoms with Gasteiger partial charge in [-0.3, -0.25) is 9.71 Å². The summed E-state index contributed by atoms with van der Waals surface area (Å²) in [5, 5.41) is 0.136. The number of benzene rings is 1. The fraction of sp³-hybridized carbons (Fsp3) is 0.111. The summed E-state index contributed by atoms with van der Waals surface area (Å²) in [6.45, 7) is 1.69. The van der Waals surface area contributed by atoms with Crippen molar-refractivity contribution in [1.82, 2.24) is 9.97 Å². The highest BCUT2D eigenvalue weighted by Crippen LogP contribution is 2.32. The standard InChI is InChI=1S/C18H13ClF3N3O4S/c1-11-16(3-2-8-23-11)28-17-15(9-12(19)10-24-17)25-30(26,27)14-6-4-13(5-7-14)29-18(20,21)22/h2-10,25H,1H3. The number of hydrogen-bond acceptors (Lipinski definition) is 6. The summed E-state index contributed by atoms with van der Waals surface area (Å²) in [6, 6.07) is 8.24. The quantitative estimate of drug-likeness (QED) is 0.562. The van der Waals surface area contributed by atoms with Crippen LogP contribution in [0.25, 0.3) is 0 Å². The fourth-order valence-corrected chi connectivity index (χ4v) is 3.49. The average molecular weight is 460 g/mol. The third-order valence-corrected chi connectivity index (χ3v) is 5.18. The summed E-state index contributed by atoms with van der Waals surface area (Å²) < 4.78 is 73.8. The number of anilines is 1. The summed E-state index contributed by atoms with van der Waals surface area (Å²) in [5.41, 5.74) is 0.477. The van der Waals surface area contributed by atoms with Crippen LogP contribution in [0.4, 0.5) is 18.9 Å². The molecule has 0 radical (unpaired) electrons. The predicted molar refractivity (Wildman–Crippen MR) is 102 cm³/mol. The molecular weight excluding hydrogens is 447 g/mol. The van der Waals surface area contributed by atoms with Crippen molar-refractivity contribution >= 4 is 27.3 Å². The number of sulfonamides is 1. The van der Waals surface area contributed by atoms with Gasteiger partial charge in [0.25, 0.3) is 10.0 Å². The molecule has 30 heavy (non-hydrogen) atoms. The molecule has 2 heterocycles. The molecule has 0 unspecified atom stereocenters. The largest absolute Gasteiger partial charge is 0.573 e.